The van der Waals surface area contributed by atoms with Crippen LogP contribution in [0.5, 0.6) is 0 Å². The molecule has 1 aromatic heterocycles. The van der Waals surface area contributed by atoms with Crippen LogP contribution >= 0.6 is 0 Å². The Morgan fingerprint density at radius 3 is 2.57 bits per heavy atom. The van der Waals surface area contributed by atoms with E-state index in [0.717, 1.165) is 11.1 Å². The van der Waals surface area contributed by atoms with Crippen LogP contribution in [0.2, 0.25) is 0 Å². The molecule has 2 atom stereocenters. The van der Waals surface area contributed by atoms with Crippen molar-refractivity contribution in [2.75, 3.05) is 6.54 Å². The van der Waals surface area contributed by atoms with Gasteiger partial charge in [-0.05, 0) is 29.0 Å². The summed E-state index contributed by atoms with van der Waals surface area (Å²) < 4.78 is 0. The average molecular weight is 313 g/mol. The fourth-order valence-corrected chi connectivity index (χ4v) is 2.46. The van der Waals surface area contributed by atoms with Gasteiger partial charge in [-0.3, -0.25) is 4.98 Å². The number of hydrogen-bond donors (Lipinski definition) is 3. The third kappa shape index (κ3) is 5.75. The number of rotatable bonds is 8. The average Bonchev–Trinajstić information content (AvgIpc) is 2.56. The highest BCUT2D eigenvalue weighted by Crippen LogP contribution is 2.14. The third-order valence-corrected chi connectivity index (χ3v) is 3.97. The molecule has 23 heavy (non-hydrogen) atoms. The van der Waals surface area contributed by atoms with Crippen LogP contribution in [0, 0.1) is 0 Å². The maximum atomic E-state index is 10.2. The Bertz CT molecular complexity index is 586. The quantitative estimate of drug-likeness (QED) is 0.699. The van der Waals surface area contributed by atoms with Crippen molar-refractivity contribution in [1.29, 1.82) is 0 Å². The summed E-state index contributed by atoms with van der Waals surface area (Å²) in [4.78, 5) is 4.27. The van der Waals surface area contributed by atoms with E-state index in [0.29, 0.717) is 25.4 Å². The van der Waals surface area contributed by atoms with Crippen molar-refractivity contribution in [3.63, 3.8) is 0 Å². The first-order valence-electron chi connectivity index (χ1n) is 8.18. The summed E-state index contributed by atoms with van der Waals surface area (Å²) in [6.45, 7) is 5.46. The van der Waals surface area contributed by atoms with Gasteiger partial charge in [0.05, 0.1) is 6.10 Å². The van der Waals surface area contributed by atoms with Gasteiger partial charge in [-0.2, -0.15) is 0 Å². The minimum absolute atomic E-state index is 0.273. The summed E-state index contributed by atoms with van der Waals surface area (Å²) in [6, 6.07) is 11.9. The molecule has 1 heterocycles. The number of aromatic nitrogens is 1. The Hall–Kier alpha value is -1.75. The van der Waals surface area contributed by atoms with Gasteiger partial charge in [-0.15, -0.1) is 0 Å². The molecule has 4 nitrogen and oxygen atoms in total. The third-order valence-electron chi connectivity index (χ3n) is 3.97. The molecule has 0 radical (unpaired) electrons. The lowest BCUT2D eigenvalue weighted by Crippen LogP contribution is -2.43. The second-order valence-corrected chi connectivity index (χ2v) is 6.33. The smallest absolute Gasteiger partial charge is 0.0818 e. The first kappa shape index (κ1) is 17.6. The minimum atomic E-state index is -0.573. The van der Waals surface area contributed by atoms with Gasteiger partial charge in [0.15, 0.2) is 0 Å². The standard InChI is InChI=1S/C19H27N3O/c1-14(2)17-8-16(10-21-12-17)11-22-13-19(23)18(20)9-15-6-4-3-5-7-15/h3-8,10,12,14,18-19,22-23H,9,11,13,20H2,1-2H3/t18-,19+/m0/s1. The monoisotopic (exact) mass is 313 g/mol. The number of nitrogens with two attached hydrogens (primary N) is 1. The molecule has 0 aliphatic rings. The Morgan fingerprint density at radius 2 is 1.87 bits per heavy atom. The Morgan fingerprint density at radius 1 is 1.13 bits per heavy atom. The largest absolute Gasteiger partial charge is 0.390 e. The van der Waals surface area contributed by atoms with Gasteiger partial charge in [0, 0.05) is 31.5 Å². The van der Waals surface area contributed by atoms with Crippen molar-refractivity contribution in [2.45, 2.75) is 44.9 Å². The van der Waals surface area contributed by atoms with Crippen LogP contribution in [0.1, 0.15) is 36.5 Å². The van der Waals surface area contributed by atoms with E-state index < -0.39 is 6.10 Å². The van der Waals surface area contributed by atoms with Crippen LogP contribution in [-0.2, 0) is 13.0 Å². The topological polar surface area (TPSA) is 71.2 Å². The molecule has 0 saturated heterocycles. The molecule has 0 spiro atoms. The lowest BCUT2D eigenvalue weighted by atomic mass is 10.0. The van der Waals surface area contributed by atoms with Crippen molar-refractivity contribution >= 4 is 0 Å². The molecule has 0 aliphatic heterocycles. The van der Waals surface area contributed by atoms with Crippen molar-refractivity contribution in [3.8, 4) is 0 Å². The number of aliphatic hydroxyl groups is 1. The maximum absolute atomic E-state index is 10.2. The van der Waals surface area contributed by atoms with Crippen LogP contribution < -0.4 is 11.1 Å². The molecular weight excluding hydrogens is 286 g/mol. The van der Waals surface area contributed by atoms with Gasteiger partial charge in [0.1, 0.15) is 0 Å². The normalized spacial score (nSPS) is 14.0. The zero-order chi connectivity index (χ0) is 16.7. The number of nitrogens with one attached hydrogen (secondary N) is 1. The molecule has 0 amide bonds. The first-order valence-corrected chi connectivity index (χ1v) is 8.18. The predicted octanol–water partition coefficient (Wildman–Crippen LogP) is 2.23. The Kier molecular flexibility index (Phi) is 6.71. The van der Waals surface area contributed by atoms with Crippen LogP contribution in [0.25, 0.3) is 0 Å². The molecule has 0 bridgehead atoms. The highest BCUT2D eigenvalue weighted by atomic mass is 16.3. The SMILES string of the molecule is CC(C)c1cncc(CNC[C@@H](O)[C@@H](N)Cc2ccccc2)c1. The number of hydrogen-bond acceptors (Lipinski definition) is 4. The summed E-state index contributed by atoms with van der Waals surface area (Å²) in [5.41, 5.74) is 9.59. The van der Waals surface area contributed by atoms with Gasteiger partial charge >= 0.3 is 0 Å². The minimum Gasteiger partial charge on any atom is -0.390 e. The highest BCUT2D eigenvalue weighted by Gasteiger charge is 2.14. The predicted molar refractivity (Wildman–Crippen MR) is 94.2 cm³/mol. The molecule has 0 unspecified atom stereocenters. The molecule has 0 saturated carbocycles. The molecule has 4 N–H and O–H groups in total. The lowest BCUT2D eigenvalue weighted by Gasteiger charge is -2.19. The van der Waals surface area contributed by atoms with Crippen molar-refractivity contribution in [2.24, 2.45) is 5.73 Å². The van der Waals surface area contributed by atoms with Gasteiger partial charge in [-0.1, -0.05) is 50.2 Å². The molecule has 4 heteroatoms. The van der Waals surface area contributed by atoms with Crippen molar-refractivity contribution in [3.05, 3.63) is 65.5 Å². The van der Waals surface area contributed by atoms with Crippen LogP contribution in [0.3, 0.4) is 0 Å². The van der Waals surface area contributed by atoms with Gasteiger partial charge in [0.25, 0.3) is 0 Å². The number of pyridine rings is 1. The maximum Gasteiger partial charge on any atom is 0.0818 e. The van der Waals surface area contributed by atoms with E-state index in [1.54, 1.807) is 0 Å². The van der Waals surface area contributed by atoms with E-state index in [4.69, 9.17) is 5.73 Å². The second-order valence-electron chi connectivity index (χ2n) is 6.33. The number of benzene rings is 1. The summed E-state index contributed by atoms with van der Waals surface area (Å²) in [7, 11) is 0. The summed E-state index contributed by atoms with van der Waals surface area (Å²) in [5.74, 6) is 0.465. The van der Waals surface area contributed by atoms with Crippen LogP contribution in [0.4, 0.5) is 0 Å². The molecule has 0 fully saturated rings. The summed E-state index contributed by atoms with van der Waals surface area (Å²) in [6.07, 6.45) is 3.86. The first-order chi connectivity index (χ1) is 11.1. The van der Waals surface area contributed by atoms with Crippen molar-refractivity contribution in [1.82, 2.24) is 10.3 Å². The fourth-order valence-electron chi connectivity index (χ4n) is 2.46. The van der Waals surface area contributed by atoms with E-state index in [-0.39, 0.29) is 6.04 Å². The van der Waals surface area contributed by atoms with Crippen molar-refractivity contribution < 1.29 is 5.11 Å². The van der Waals surface area contributed by atoms with Gasteiger partial charge in [0.2, 0.25) is 0 Å². The molecular formula is C19H27N3O. The van der Waals surface area contributed by atoms with E-state index in [9.17, 15) is 5.11 Å². The lowest BCUT2D eigenvalue weighted by molar-refractivity contribution is 0.141. The van der Waals surface area contributed by atoms with Gasteiger partial charge in [-0.25, -0.2) is 0 Å². The molecule has 2 aromatic rings. The van der Waals surface area contributed by atoms with E-state index in [1.165, 1.54) is 5.56 Å². The van der Waals surface area contributed by atoms with E-state index in [2.05, 4.69) is 30.2 Å². The van der Waals surface area contributed by atoms with E-state index in [1.807, 2.05) is 42.7 Å². The Labute approximate surface area is 138 Å². The van der Waals surface area contributed by atoms with Crippen LogP contribution in [-0.4, -0.2) is 28.8 Å². The number of nitrogens with zero attached hydrogens (tertiary/aromatic N) is 1. The zero-order valence-corrected chi connectivity index (χ0v) is 13.9. The molecule has 124 valence electrons. The summed E-state index contributed by atoms with van der Waals surface area (Å²) in [5, 5.41) is 13.5. The summed E-state index contributed by atoms with van der Waals surface area (Å²) >= 11 is 0. The van der Waals surface area contributed by atoms with Crippen LogP contribution in [0.15, 0.2) is 48.8 Å². The van der Waals surface area contributed by atoms with E-state index >= 15 is 0 Å². The second kappa shape index (κ2) is 8.77. The number of aliphatic hydroxyl groups excluding tert-OH is 1. The molecule has 1 aromatic carbocycles. The fraction of sp³-hybridized carbons (Fsp3) is 0.421. The molecule has 2 rings (SSSR count). The molecule has 0 aliphatic carbocycles. The Balaban J connectivity index is 1.78. The highest BCUT2D eigenvalue weighted by molar-refractivity contribution is 5.20. The van der Waals surface area contributed by atoms with Gasteiger partial charge < -0.3 is 16.2 Å². The zero-order valence-electron chi connectivity index (χ0n) is 13.9.